The second-order valence-electron chi connectivity index (χ2n) is 9.10. The second kappa shape index (κ2) is 9.14. The lowest BCUT2D eigenvalue weighted by Crippen LogP contribution is -2.45. The van der Waals surface area contributed by atoms with E-state index in [9.17, 15) is 22.8 Å². The SMILES string of the molecule is C[C@@H]1C[C@H](C)CN(C(=O)COC(=O)C2CCN(c3ccc4nnc(C(F)(F)F)n4n3)CC2)C1. The van der Waals surface area contributed by atoms with Crippen LogP contribution in [0.4, 0.5) is 19.0 Å². The maximum absolute atomic E-state index is 13.1. The van der Waals surface area contributed by atoms with Crippen LogP contribution in [0.5, 0.6) is 0 Å². The Kier molecular flexibility index (Phi) is 6.44. The van der Waals surface area contributed by atoms with E-state index in [2.05, 4.69) is 29.1 Å². The number of halogens is 3. The van der Waals surface area contributed by atoms with Gasteiger partial charge in [-0.15, -0.1) is 15.3 Å². The van der Waals surface area contributed by atoms with Gasteiger partial charge < -0.3 is 14.5 Å². The average Bonchev–Trinajstić information content (AvgIpc) is 3.20. The molecule has 2 saturated heterocycles. The van der Waals surface area contributed by atoms with Crippen LogP contribution in [0, 0.1) is 17.8 Å². The van der Waals surface area contributed by atoms with Crippen molar-refractivity contribution < 1.29 is 27.5 Å². The molecule has 180 valence electrons. The second-order valence-corrected chi connectivity index (χ2v) is 9.10. The summed E-state index contributed by atoms with van der Waals surface area (Å²) in [4.78, 5) is 28.5. The molecule has 0 spiro atoms. The van der Waals surface area contributed by atoms with Crippen LogP contribution in [-0.2, 0) is 20.5 Å². The normalized spacial score (nSPS) is 22.6. The highest BCUT2D eigenvalue weighted by Gasteiger charge is 2.38. The molecule has 2 aromatic rings. The van der Waals surface area contributed by atoms with E-state index in [1.165, 1.54) is 6.07 Å². The number of carbonyl (C=O) groups excluding carboxylic acids is 2. The van der Waals surface area contributed by atoms with Crippen molar-refractivity contribution in [2.75, 3.05) is 37.7 Å². The zero-order valence-electron chi connectivity index (χ0n) is 18.6. The predicted octanol–water partition coefficient (Wildman–Crippen LogP) is 2.41. The highest BCUT2D eigenvalue weighted by Crippen LogP contribution is 2.29. The molecule has 2 fully saturated rings. The van der Waals surface area contributed by atoms with E-state index >= 15 is 0 Å². The van der Waals surface area contributed by atoms with E-state index in [-0.39, 0.29) is 24.1 Å². The quantitative estimate of drug-likeness (QED) is 0.637. The molecule has 1 amide bonds. The first-order chi connectivity index (χ1) is 15.6. The maximum Gasteiger partial charge on any atom is 0.453 e. The van der Waals surface area contributed by atoms with Gasteiger partial charge in [0.15, 0.2) is 12.3 Å². The average molecular weight is 468 g/mol. The van der Waals surface area contributed by atoms with Gasteiger partial charge in [-0.2, -0.15) is 17.7 Å². The Labute approximate surface area is 188 Å². The number of rotatable bonds is 4. The van der Waals surface area contributed by atoms with Crippen LogP contribution in [0.15, 0.2) is 12.1 Å². The third-order valence-corrected chi connectivity index (χ3v) is 6.21. The molecule has 0 N–H and O–H groups in total. The van der Waals surface area contributed by atoms with Crippen LogP contribution in [-0.4, -0.2) is 69.4 Å². The molecule has 9 nitrogen and oxygen atoms in total. The van der Waals surface area contributed by atoms with Crippen LogP contribution < -0.4 is 4.90 Å². The highest BCUT2D eigenvalue weighted by molar-refractivity contribution is 5.81. The van der Waals surface area contributed by atoms with Crippen molar-refractivity contribution in [3.63, 3.8) is 0 Å². The molecule has 0 unspecified atom stereocenters. The largest absolute Gasteiger partial charge is 0.455 e. The Morgan fingerprint density at radius 1 is 1.09 bits per heavy atom. The van der Waals surface area contributed by atoms with Crippen LogP contribution in [0.3, 0.4) is 0 Å². The van der Waals surface area contributed by atoms with Crippen molar-refractivity contribution in [3.8, 4) is 0 Å². The van der Waals surface area contributed by atoms with Gasteiger partial charge in [0.25, 0.3) is 11.7 Å². The van der Waals surface area contributed by atoms with Gasteiger partial charge in [0.05, 0.1) is 5.92 Å². The van der Waals surface area contributed by atoms with Crippen molar-refractivity contribution in [1.29, 1.82) is 0 Å². The molecule has 12 heteroatoms. The number of ether oxygens (including phenoxy) is 1. The van der Waals surface area contributed by atoms with Crippen molar-refractivity contribution in [3.05, 3.63) is 18.0 Å². The number of piperidine rings is 2. The molecule has 4 heterocycles. The van der Waals surface area contributed by atoms with Crippen molar-refractivity contribution in [2.45, 2.75) is 39.3 Å². The fraction of sp³-hybridized carbons (Fsp3) is 0.667. The number of aromatic nitrogens is 4. The van der Waals surface area contributed by atoms with Crippen LogP contribution in [0.2, 0.25) is 0 Å². The minimum Gasteiger partial charge on any atom is -0.455 e. The van der Waals surface area contributed by atoms with E-state index in [4.69, 9.17) is 4.74 Å². The van der Waals surface area contributed by atoms with E-state index in [1.54, 1.807) is 11.0 Å². The van der Waals surface area contributed by atoms with Gasteiger partial charge in [-0.3, -0.25) is 9.59 Å². The number of hydrogen-bond donors (Lipinski definition) is 0. The molecule has 0 radical (unpaired) electrons. The summed E-state index contributed by atoms with van der Waals surface area (Å²) in [6, 6.07) is 3.01. The number of anilines is 1. The van der Waals surface area contributed by atoms with Gasteiger partial charge in [-0.05, 0) is 43.2 Å². The number of esters is 1. The molecular formula is C21H27F3N6O3. The Morgan fingerprint density at radius 3 is 2.39 bits per heavy atom. The number of amides is 1. The lowest BCUT2D eigenvalue weighted by Gasteiger charge is -2.35. The number of hydrogen-bond acceptors (Lipinski definition) is 7. The Bertz CT molecular complexity index is 1010. The summed E-state index contributed by atoms with van der Waals surface area (Å²) in [7, 11) is 0. The summed E-state index contributed by atoms with van der Waals surface area (Å²) >= 11 is 0. The van der Waals surface area contributed by atoms with Crippen molar-refractivity contribution in [1.82, 2.24) is 24.7 Å². The van der Waals surface area contributed by atoms with Gasteiger partial charge in [0, 0.05) is 26.2 Å². The van der Waals surface area contributed by atoms with Gasteiger partial charge in [-0.1, -0.05) is 13.8 Å². The van der Waals surface area contributed by atoms with E-state index < -0.39 is 18.0 Å². The number of likely N-dealkylation sites (tertiary alicyclic amines) is 1. The predicted molar refractivity (Wildman–Crippen MR) is 111 cm³/mol. The minimum atomic E-state index is -4.66. The van der Waals surface area contributed by atoms with Gasteiger partial charge >= 0.3 is 12.1 Å². The Hall–Kier alpha value is -2.92. The lowest BCUT2D eigenvalue weighted by molar-refractivity contribution is -0.157. The Morgan fingerprint density at radius 2 is 1.76 bits per heavy atom. The molecular weight excluding hydrogens is 441 g/mol. The molecule has 0 aromatic carbocycles. The third-order valence-electron chi connectivity index (χ3n) is 6.21. The highest BCUT2D eigenvalue weighted by atomic mass is 19.4. The van der Waals surface area contributed by atoms with E-state index in [1.807, 2.05) is 4.90 Å². The summed E-state index contributed by atoms with van der Waals surface area (Å²) in [5.41, 5.74) is 0.00620. The van der Waals surface area contributed by atoms with Crippen LogP contribution in [0.1, 0.15) is 38.9 Å². The molecule has 4 rings (SSSR count). The van der Waals surface area contributed by atoms with Crippen molar-refractivity contribution in [2.24, 2.45) is 17.8 Å². The molecule has 0 bridgehead atoms. The lowest BCUT2D eigenvalue weighted by atomic mass is 9.92. The maximum atomic E-state index is 13.1. The monoisotopic (exact) mass is 468 g/mol. The van der Waals surface area contributed by atoms with E-state index in [0.29, 0.717) is 61.2 Å². The number of alkyl halides is 3. The smallest absolute Gasteiger partial charge is 0.453 e. The fourth-order valence-electron chi connectivity index (χ4n) is 4.68. The Balaban J connectivity index is 1.30. The van der Waals surface area contributed by atoms with Gasteiger partial charge in [0.2, 0.25) is 0 Å². The van der Waals surface area contributed by atoms with Gasteiger partial charge in [-0.25, -0.2) is 0 Å². The summed E-state index contributed by atoms with van der Waals surface area (Å²) in [5.74, 6) is -0.929. The summed E-state index contributed by atoms with van der Waals surface area (Å²) in [6.45, 7) is 6.17. The van der Waals surface area contributed by atoms with Crippen molar-refractivity contribution >= 4 is 23.3 Å². The zero-order chi connectivity index (χ0) is 23.8. The first kappa shape index (κ1) is 23.2. The fourth-order valence-corrected chi connectivity index (χ4v) is 4.68. The molecule has 2 aliphatic heterocycles. The zero-order valence-corrected chi connectivity index (χ0v) is 18.6. The molecule has 33 heavy (non-hydrogen) atoms. The summed E-state index contributed by atoms with van der Waals surface area (Å²) < 4.78 is 45.3. The first-order valence-electron chi connectivity index (χ1n) is 11.1. The topological polar surface area (TPSA) is 92.9 Å². The summed E-state index contributed by atoms with van der Waals surface area (Å²) in [6.07, 6.45) is -2.67. The molecule has 2 aromatic heterocycles. The minimum absolute atomic E-state index is 0.00620. The third kappa shape index (κ3) is 5.19. The van der Waals surface area contributed by atoms with Gasteiger partial charge in [0.1, 0.15) is 5.82 Å². The van der Waals surface area contributed by atoms with Crippen LogP contribution in [0.25, 0.3) is 5.65 Å². The first-order valence-corrected chi connectivity index (χ1v) is 11.1. The van der Waals surface area contributed by atoms with E-state index in [0.717, 1.165) is 6.42 Å². The standard InChI is InChI=1S/C21H27F3N6O3/c1-13-9-14(2)11-29(10-13)18(31)12-33-19(32)15-5-7-28(8-6-15)17-4-3-16-25-26-20(21(22,23)24)30(16)27-17/h3-4,13-15H,5-12H2,1-2H3/t13-,14+. The van der Waals surface area contributed by atoms with Crippen LogP contribution >= 0.6 is 0 Å². The number of carbonyl (C=O) groups is 2. The number of fused-ring (bicyclic) bond motifs is 1. The summed E-state index contributed by atoms with van der Waals surface area (Å²) in [5, 5.41) is 10.7. The number of nitrogens with zero attached hydrogens (tertiary/aromatic N) is 6. The molecule has 2 atom stereocenters. The molecule has 0 aliphatic carbocycles. The molecule has 2 aliphatic rings. The molecule has 0 saturated carbocycles.